The second-order valence-electron chi connectivity index (χ2n) is 17.7. The second-order valence-corrected chi connectivity index (χ2v) is 23.7. The summed E-state index contributed by atoms with van der Waals surface area (Å²) >= 11 is 12.6. The molecule has 1 aliphatic heterocycles. The predicted molar refractivity (Wildman–Crippen MR) is 245 cm³/mol. The molecule has 17 heteroatoms. The van der Waals surface area contributed by atoms with Crippen molar-refractivity contribution in [2.24, 2.45) is 10.8 Å². The number of hydrogen-bond acceptors (Lipinski definition) is 8. The van der Waals surface area contributed by atoms with Crippen LogP contribution >= 0.6 is 43.5 Å². The van der Waals surface area contributed by atoms with Gasteiger partial charge in [-0.15, -0.1) is 0 Å². The van der Waals surface area contributed by atoms with Crippen LogP contribution in [-0.4, -0.2) is 71.8 Å². The standard InChI is InChI=1S/C19H28BrN5OS.C14H27NOS.C6H3BrClN3.CH4.H3N/c1-18(2,3)27(26)23-15-5-4-6-19(15)7-10-24(11-8-19)17-22-13-14(20)16-21-9-12-25(16)17;1-13(2,3)17(16)15-12-8-7-11-14(12)9-5-4-6-10-14;7-4-3-10-6(8)11-2-1-9-5(4)11;;/h9,12-13,15,23H,4-8,10-11H2,1-3H3;12,15H,4-11H2,1-3H3;1-3H;1H4;1H3/t15-,27-;12-,17-;;;/m11.../s1. The molecule has 3 aliphatic carbocycles. The van der Waals surface area contributed by atoms with Gasteiger partial charge < -0.3 is 11.1 Å². The van der Waals surface area contributed by atoms with Crippen LogP contribution in [0.15, 0.2) is 46.1 Å². The molecule has 320 valence electrons. The fraction of sp³-hybridized carbons (Fsp3) is 0.700. The highest BCUT2D eigenvalue weighted by Crippen LogP contribution is 2.50. The quantitative estimate of drug-likeness (QED) is 0.167. The number of nitrogens with one attached hydrogen (secondary N) is 2. The lowest BCUT2D eigenvalue weighted by molar-refractivity contribution is 0.163. The van der Waals surface area contributed by atoms with Crippen LogP contribution in [0.25, 0.3) is 11.3 Å². The van der Waals surface area contributed by atoms with Crippen LogP contribution in [0, 0.1) is 10.8 Å². The number of halogens is 3. The first-order valence-corrected chi connectivity index (χ1v) is 24.0. The number of rotatable bonds is 5. The van der Waals surface area contributed by atoms with Crippen LogP contribution in [0.1, 0.15) is 132 Å². The molecule has 5 heterocycles. The molecule has 0 amide bonds. The topological polar surface area (TPSA) is 157 Å². The van der Waals surface area contributed by atoms with Crippen LogP contribution in [0.2, 0.25) is 5.28 Å². The highest BCUT2D eigenvalue weighted by molar-refractivity contribution is 9.11. The number of aromatic nitrogens is 6. The Bertz CT molecular complexity index is 1930. The number of nitrogens with zero attached hydrogens (tertiary/aromatic N) is 7. The maximum Gasteiger partial charge on any atom is 0.211 e. The third-order valence-corrected chi connectivity index (χ3v) is 16.6. The molecular formula is C40H65Br2ClN10O2S2. The molecule has 4 aromatic rings. The summed E-state index contributed by atoms with van der Waals surface area (Å²) in [5.74, 6) is 0.960. The molecule has 0 radical (unpaired) electrons. The predicted octanol–water partition coefficient (Wildman–Crippen LogP) is 10.2. The normalized spacial score (nSPS) is 22.6. The summed E-state index contributed by atoms with van der Waals surface area (Å²) in [7, 11) is -1.91. The van der Waals surface area contributed by atoms with E-state index in [1.54, 1.807) is 23.0 Å². The zero-order valence-corrected chi connectivity index (χ0v) is 39.4. The minimum Gasteiger partial charge on any atom is -0.344 e. The van der Waals surface area contributed by atoms with Crippen molar-refractivity contribution in [3.63, 3.8) is 0 Å². The van der Waals surface area contributed by atoms with Gasteiger partial charge in [0.2, 0.25) is 11.2 Å². The van der Waals surface area contributed by atoms with Gasteiger partial charge in [0.05, 0.1) is 40.4 Å². The third-order valence-electron chi connectivity index (χ3n) is 12.0. The SMILES string of the molecule is C.CC(C)(C)[S@@](=O)N[C@@H]1CCCC12CCCCC2.CC(C)(C)[S@@](=O)N[C@@H]1CCCC12CCN(c1ncc(Br)c3nccn13)CC2.Clc1ncc(Br)c2nccn12.N. The monoisotopic (exact) mass is 974 g/mol. The van der Waals surface area contributed by atoms with E-state index in [0.29, 0.717) is 22.8 Å². The van der Waals surface area contributed by atoms with Gasteiger partial charge in [-0.05, 0) is 147 Å². The smallest absolute Gasteiger partial charge is 0.211 e. The van der Waals surface area contributed by atoms with Gasteiger partial charge in [0.1, 0.15) is 0 Å². The van der Waals surface area contributed by atoms with Gasteiger partial charge in [0, 0.05) is 62.4 Å². The Morgan fingerprint density at radius 3 is 1.61 bits per heavy atom. The maximum atomic E-state index is 12.6. The summed E-state index contributed by atoms with van der Waals surface area (Å²) in [5, 5.41) is 0.417. The molecule has 5 N–H and O–H groups in total. The molecule has 4 fully saturated rings. The van der Waals surface area contributed by atoms with E-state index in [-0.39, 0.29) is 28.5 Å². The van der Waals surface area contributed by atoms with Gasteiger partial charge in [-0.1, -0.05) is 39.5 Å². The molecule has 2 spiro atoms. The summed E-state index contributed by atoms with van der Waals surface area (Å²) in [4.78, 5) is 19.4. The highest BCUT2D eigenvalue weighted by Gasteiger charge is 2.47. The van der Waals surface area contributed by atoms with Crippen molar-refractivity contribution in [1.29, 1.82) is 0 Å². The van der Waals surface area contributed by atoms with Gasteiger partial charge in [-0.25, -0.2) is 37.8 Å². The summed E-state index contributed by atoms with van der Waals surface area (Å²) < 4.78 is 37.0. The first-order chi connectivity index (χ1) is 26.0. The second kappa shape index (κ2) is 19.9. The summed E-state index contributed by atoms with van der Waals surface area (Å²) in [6, 6.07) is 0.855. The molecule has 0 aromatic carbocycles. The van der Waals surface area contributed by atoms with Crippen LogP contribution in [-0.2, 0) is 22.0 Å². The highest BCUT2D eigenvalue weighted by atomic mass is 79.9. The minimum atomic E-state index is -1.01. The number of imidazole rings is 2. The number of piperidine rings is 1. The average Bonchev–Trinajstić information content (AvgIpc) is 3.97. The Hall–Kier alpha value is -1.53. The zero-order chi connectivity index (χ0) is 39.6. The molecule has 0 unspecified atom stereocenters. The van der Waals surface area contributed by atoms with Crippen LogP contribution in [0.5, 0.6) is 0 Å². The van der Waals surface area contributed by atoms with E-state index in [2.05, 4.69) is 91.3 Å². The van der Waals surface area contributed by atoms with Crippen LogP contribution in [0.3, 0.4) is 0 Å². The molecule has 1 saturated heterocycles. The minimum absolute atomic E-state index is 0. The molecule has 8 rings (SSSR count). The summed E-state index contributed by atoms with van der Waals surface area (Å²) in [5.41, 5.74) is 2.44. The number of anilines is 1. The summed E-state index contributed by atoms with van der Waals surface area (Å²) in [6.45, 7) is 14.2. The van der Waals surface area contributed by atoms with E-state index >= 15 is 0 Å². The van der Waals surface area contributed by atoms with Crippen molar-refractivity contribution in [1.82, 2.24) is 44.3 Å². The Balaban J connectivity index is 0.000000205. The molecule has 3 saturated carbocycles. The van der Waals surface area contributed by atoms with Gasteiger partial charge in [0.25, 0.3) is 0 Å². The van der Waals surface area contributed by atoms with Gasteiger partial charge >= 0.3 is 0 Å². The van der Waals surface area contributed by atoms with Crippen molar-refractivity contribution in [2.45, 2.75) is 154 Å². The molecular weight excluding hydrogens is 912 g/mol. The largest absolute Gasteiger partial charge is 0.344 e. The van der Waals surface area contributed by atoms with E-state index in [9.17, 15) is 8.42 Å². The van der Waals surface area contributed by atoms with E-state index in [4.69, 9.17) is 11.6 Å². The van der Waals surface area contributed by atoms with Crippen LogP contribution in [0.4, 0.5) is 5.95 Å². The van der Waals surface area contributed by atoms with Gasteiger partial charge in [-0.2, -0.15) is 0 Å². The molecule has 4 atom stereocenters. The Morgan fingerprint density at radius 1 is 0.684 bits per heavy atom. The molecule has 0 bridgehead atoms. The summed E-state index contributed by atoms with van der Waals surface area (Å²) in [6.07, 6.45) is 27.2. The van der Waals surface area contributed by atoms with Crippen molar-refractivity contribution >= 4 is 82.7 Å². The molecule has 12 nitrogen and oxygen atoms in total. The van der Waals surface area contributed by atoms with E-state index in [0.717, 1.165) is 58.5 Å². The molecule has 4 aromatic heterocycles. The number of hydrogen-bond donors (Lipinski definition) is 3. The van der Waals surface area contributed by atoms with Crippen molar-refractivity contribution in [2.75, 3.05) is 18.0 Å². The molecule has 57 heavy (non-hydrogen) atoms. The van der Waals surface area contributed by atoms with Crippen molar-refractivity contribution in [3.8, 4) is 0 Å². The van der Waals surface area contributed by atoms with Gasteiger partial charge in [0.15, 0.2) is 11.3 Å². The Morgan fingerprint density at radius 2 is 1.12 bits per heavy atom. The van der Waals surface area contributed by atoms with E-state index < -0.39 is 22.0 Å². The van der Waals surface area contributed by atoms with Crippen LogP contribution < -0.4 is 20.5 Å². The fourth-order valence-electron chi connectivity index (χ4n) is 8.83. The Labute approximate surface area is 367 Å². The third kappa shape index (κ3) is 11.1. The van der Waals surface area contributed by atoms with Crippen molar-refractivity contribution < 1.29 is 8.42 Å². The first kappa shape index (κ1) is 48.1. The lowest BCUT2D eigenvalue weighted by Crippen LogP contribution is -2.51. The average molecular weight is 977 g/mol. The van der Waals surface area contributed by atoms with Crippen molar-refractivity contribution in [3.05, 3.63) is 51.4 Å². The zero-order valence-electron chi connectivity index (χ0n) is 33.8. The Kier molecular flexibility index (Phi) is 16.8. The van der Waals surface area contributed by atoms with E-state index in [1.165, 1.54) is 64.2 Å². The maximum absolute atomic E-state index is 12.6. The lowest BCUT2D eigenvalue weighted by atomic mass is 9.71. The van der Waals surface area contributed by atoms with E-state index in [1.807, 2.05) is 39.4 Å². The van der Waals surface area contributed by atoms with Gasteiger partial charge in [-0.3, -0.25) is 8.80 Å². The lowest BCUT2D eigenvalue weighted by Gasteiger charge is -2.44. The molecule has 4 aliphatic rings. The first-order valence-electron chi connectivity index (χ1n) is 19.7. The fourth-order valence-corrected chi connectivity index (χ4v) is 11.8. The number of fused-ring (bicyclic) bond motifs is 2.